The van der Waals surface area contributed by atoms with Crippen LogP contribution in [0, 0.1) is 0 Å². The maximum absolute atomic E-state index is 9.98. The highest BCUT2D eigenvalue weighted by atomic mass is 16.6. The number of aromatic nitrogens is 3. The Morgan fingerprint density at radius 2 is 2.11 bits per heavy atom. The lowest BCUT2D eigenvalue weighted by molar-refractivity contribution is -0.0224. The van der Waals surface area contributed by atoms with Crippen LogP contribution < -0.4 is 5.73 Å². The number of nitrogens with one attached hydrogen (secondary N) is 1. The Kier molecular flexibility index (Phi) is 2.86. The number of H-pyrrole nitrogens is 1. The van der Waals surface area contributed by atoms with Crippen LogP contribution in [0.3, 0.4) is 0 Å². The van der Waals surface area contributed by atoms with Crippen molar-refractivity contribution in [2.45, 2.75) is 24.4 Å². The van der Waals surface area contributed by atoms with Gasteiger partial charge in [-0.3, -0.25) is 0 Å². The maximum atomic E-state index is 9.98. The molecule has 0 unspecified atom stereocenters. The fourth-order valence-electron chi connectivity index (χ4n) is 2.35. The van der Waals surface area contributed by atoms with Gasteiger partial charge in [0.1, 0.15) is 36.3 Å². The zero-order chi connectivity index (χ0) is 13.6. The Hall–Kier alpha value is -1.74. The topological polar surface area (TPSA) is 138 Å². The number of aliphatic hydroxyl groups is 3. The first-order chi connectivity index (χ1) is 9.13. The van der Waals surface area contributed by atoms with Gasteiger partial charge in [0.05, 0.1) is 12.1 Å². The minimum Gasteiger partial charge on any atom is -0.394 e. The molecular weight excluding hydrogens is 252 g/mol. The Balaban J connectivity index is 2.04. The molecule has 3 heterocycles. The average molecular weight is 266 g/mol. The molecule has 0 bridgehead atoms. The average Bonchev–Trinajstić information content (AvgIpc) is 2.94. The summed E-state index contributed by atoms with van der Waals surface area (Å²) < 4.78 is 5.46. The largest absolute Gasteiger partial charge is 0.394 e. The molecule has 0 aromatic carbocycles. The molecule has 8 heteroatoms. The van der Waals surface area contributed by atoms with Gasteiger partial charge in [0.2, 0.25) is 0 Å². The first-order valence-electron chi connectivity index (χ1n) is 5.83. The van der Waals surface area contributed by atoms with Crippen molar-refractivity contribution in [3.8, 4) is 0 Å². The molecule has 3 rings (SSSR count). The Bertz CT molecular complexity index is 601. The quantitative estimate of drug-likeness (QED) is 0.455. The number of rotatable bonds is 2. The number of fused-ring (bicyclic) bond motifs is 1. The third-order valence-electron chi connectivity index (χ3n) is 3.37. The van der Waals surface area contributed by atoms with Gasteiger partial charge in [-0.2, -0.15) is 0 Å². The van der Waals surface area contributed by atoms with E-state index in [9.17, 15) is 10.2 Å². The van der Waals surface area contributed by atoms with E-state index < -0.39 is 24.4 Å². The van der Waals surface area contributed by atoms with Gasteiger partial charge in [-0.1, -0.05) is 0 Å². The van der Waals surface area contributed by atoms with Crippen molar-refractivity contribution < 1.29 is 20.1 Å². The van der Waals surface area contributed by atoms with Crippen LogP contribution in [0.5, 0.6) is 0 Å². The van der Waals surface area contributed by atoms with Gasteiger partial charge in [-0.05, 0) is 0 Å². The van der Waals surface area contributed by atoms with Crippen LogP contribution in [0.25, 0.3) is 11.0 Å². The van der Waals surface area contributed by atoms with Gasteiger partial charge < -0.3 is 30.8 Å². The van der Waals surface area contributed by atoms with Crippen molar-refractivity contribution in [1.29, 1.82) is 0 Å². The second kappa shape index (κ2) is 4.42. The highest BCUT2D eigenvalue weighted by Crippen LogP contribution is 2.36. The zero-order valence-electron chi connectivity index (χ0n) is 9.89. The molecule has 2 aromatic rings. The summed E-state index contributed by atoms with van der Waals surface area (Å²) in [5.74, 6) is 0.294. The molecule has 4 atom stereocenters. The van der Waals surface area contributed by atoms with Gasteiger partial charge in [0.15, 0.2) is 5.82 Å². The van der Waals surface area contributed by atoms with E-state index in [-0.39, 0.29) is 6.61 Å². The zero-order valence-corrected chi connectivity index (χ0v) is 9.89. The van der Waals surface area contributed by atoms with Crippen LogP contribution in [0.4, 0.5) is 5.82 Å². The predicted octanol–water partition coefficient (Wildman–Crippen LogP) is -1.31. The molecule has 1 aliphatic rings. The second-order valence-corrected chi connectivity index (χ2v) is 4.49. The number of aliphatic hydroxyl groups excluding tert-OH is 3. The number of nitrogen functional groups attached to an aromatic ring is 1. The molecule has 102 valence electrons. The van der Waals surface area contributed by atoms with Crippen molar-refractivity contribution in [3.05, 3.63) is 18.1 Å². The Morgan fingerprint density at radius 1 is 1.32 bits per heavy atom. The molecule has 0 aliphatic carbocycles. The molecule has 8 nitrogen and oxygen atoms in total. The van der Waals surface area contributed by atoms with E-state index in [1.807, 2.05) is 0 Å². The van der Waals surface area contributed by atoms with Gasteiger partial charge in [0, 0.05) is 11.8 Å². The number of nitrogens with two attached hydrogens (primary N) is 1. The summed E-state index contributed by atoms with van der Waals surface area (Å²) in [5.41, 5.74) is 7.37. The van der Waals surface area contributed by atoms with Crippen molar-refractivity contribution in [1.82, 2.24) is 15.0 Å². The lowest BCUT2D eigenvalue weighted by Gasteiger charge is -2.13. The van der Waals surface area contributed by atoms with Crippen LogP contribution in [-0.2, 0) is 4.74 Å². The normalized spacial score (nSPS) is 31.1. The van der Waals surface area contributed by atoms with Crippen LogP contribution in [-0.4, -0.2) is 55.2 Å². The summed E-state index contributed by atoms with van der Waals surface area (Å²) in [7, 11) is 0. The lowest BCUT2D eigenvalue weighted by Crippen LogP contribution is -2.32. The van der Waals surface area contributed by atoms with E-state index in [0.717, 1.165) is 0 Å². The van der Waals surface area contributed by atoms with E-state index in [1.165, 1.54) is 6.33 Å². The molecule has 1 fully saturated rings. The first kappa shape index (κ1) is 12.3. The molecule has 0 amide bonds. The number of ether oxygens (including phenoxy) is 1. The van der Waals surface area contributed by atoms with Crippen LogP contribution in [0.1, 0.15) is 11.7 Å². The number of nitrogens with zero attached hydrogens (tertiary/aromatic N) is 2. The monoisotopic (exact) mass is 266 g/mol. The molecular formula is C11H14N4O4. The van der Waals surface area contributed by atoms with Crippen molar-refractivity contribution in [2.24, 2.45) is 0 Å². The van der Waals surface area contributed by atoms with E-state index in [4.69, 9.17) is 15.6 Å². The van der Waals surface area contributed by atoms with E-state index in [0.29, 0.717) is 22.4 Å². The highest BCUT2D eigenvalue weighted by Gasteiger charge is 2.44. The van der Waals surface area contributed by atoms with Crippen molar-refractivity contribution >= 4 is 16.9 Å². The van der Waals surface area contributed by atoms with E-state index in [2.05, 4.69) is 15.0 Å². The summed E-state index contributed by atoms with van der Waals surface area (Å²) >= 11 is 0. The molecule has 19 heavy (non-hydrogen) atoms. The molecule has 0 spiro atoms. The summed E-state index contributed by atoms with van der Waals surface area (Å²) in [4.78, 5) is 10.9. The summed E-state index contributed by atoms with van der Waals surface area (Å²) in [6.07, 6.45) is -0.933. The predicted molar refractivity (Wildman–Crippen MR) is 65.0 cm³/mol. The van der Waals surface area contributed by atoms with E-state index in [1.54, 1.807) is 6.20 Å². The van der Waals surface area contributed by atoms with Gasteiger partial charge in [-0.15, -0.1) is 0 Å². The smallest absolute Gasteiger partial charge is 0.151 e. The minimum atomic E-state index is -1.14. The fraction of sp³-hybridized carbons (Fsp3) is 0.455. The number of hydrogen-bond acceptors (Lipinski definition) is 7. The van der Waals surface area contributed by atoms with Crippen LogP contribution in [0.2, 0.25) is 0 Å². The molecule has 1 aliphatic heterocycles. The third kappa shape index (κ3) is 1.77. The van der Waals surface area contributed by atoms with E-state index >= 15 is 0 Å². The van der Waals surface area contributed by atoms with Crippen molar-refractivity contribution in [2.75, 3.05) is 12.3 Å². The summed E-state index contributed by atoms with van der Waals surface area (Å²) in [6.45, 7) is -0.367. The fourth-order valence-corrected chi connectivity index (χ4v) is 2.35. The number of aromatic amines is 1. The van der Waals surface area contributed by atoms with Crippen LogP contribution in [0.15, 0.2) is 12.5 Å². The van der Waals surface area contributed by atoms with Crippen molar-refractivity contribution in [3.63, 3.8) is 0 Å². The number of hydrogen-bond donors (Lipinski definition) is 5. The Labute approximate surface area is 107 Å². The standard InChI is InChI=1S/C11H14N4O4/c12-11-7-6(14-3-15-11)4(1-13-7)10-9(18)8(17)5(2-16)19-10/h1,3,5,8-10,13,16-18H,2H2,(H2,12,14,15)/t5-,8+,9-,10+/m0/s1. The highest BCUT2D eigenvalue weighted by molar-refractivity contribution is 5.87. The second-order valence-electron chi connectivity index (χ2n) is 4.49. The maximum Gasteiger partial charge on any atom is 0.151 e. The number of anilines is 1. The molecule has 2 aromatic heterocycles. The molecule has 1 saturated heterocycles. The lowest BCUT2D eigenvalue weighted by atomic mass is 10.0. The Morgan fingerprint density at radius 3 is 2.79 bits per heavy atom. The molecule has 6 N–H and O–H groups in total. The van der Waals surface area contributed by atoms with Gasteiger partial charge in [-0.25, -0.2) is 9.97 Å². The van der Waals surface area contributed by atoms with Gasteiger partial charge >= 0.3 is 0 Å². The SMILES string of the molecule is Nc1ncnc2c([C@H]3O[C@@H](CO)[C@@H](O)[C@@H]3O)c[nH]c12. The van der Waals surface area contributed by atoms with Gasteiger partial charge in [0.25, 0.3) is 0 Å². The molecule has 0 saturated carbocycles. The first-order valence-corrected chi connectivity index (χ1v) is 5.83. The molecule has 0 radical (unpaired) electrons. The third-order valence-corrected chi connectivity index (χ3v) is 3.37. The summed E-state index contributed by atoms with van der Waals surface area (Å²) in [6, 6.07) is 0. The minimum absolute atomic E-state index is 0.294. The summed E-state index contributed by atoms with van der Waals surface area (Å²) in [5, 5.41) is 28.8. The van der Waals surface area contributed by atoms with Crippen LogP contribution >= 0.6 is 0 Å².